The van der Waals surface area contributed by atoms with Crippen LogP contribution in [0.1, 0.15) is 17.5 Å². The second kappa shape index (κ2) is 6.26. The van der Waals surface area contributed by atoms with Crippen LogP contribution in [0.15, 0.2) is 24.3 Å². The third-order valence-electron chi connectivity index (χ3n) is 3.35. The molecule has 0 radical (unpaired) electrons. The van der Waals surface area contributed by atoms with Crippen LogP contribution in [-0.4, -0.2) is 37.1 Å². The molecular weight excluding hydrogens is 271 g/mol. The number of carbonyl (C=O) groups is 1. The lowest BCUT2D eigenvalue weighted by Gasteiger charge is -2.12. The fourth-order valence-electron chi connectivity index (χ4n) is 2.19. The largest absolute Gasteiger partial charge is 0.416 e. The van der Waals surface area contributed by atoms with Gasteiger partial charge in [0.15, 0.2) is 0 Å². The molecule has 1 saturated heterocycles. The Morgan fingerprint density at radius 3 is 2.55 bits per heavy atom. The molecule has 3 nitrogen and oxygen atoms in total. The maximum Gasteiger partial charge on any atom is 0.416 e. The number of nitrogens with zero attached hydrogens (tertiary/aromatic N) is 1. The minimum Gasteiger partial charge on any atom is -0.376 e. The molecule has 0 saturated carbocycles. The molecule has 2 rings (SSSR count). The Morgan fingerprint density at radius 2 is 2.00 bits per heavy atom. The molecule has 0 aromatic heterocycles. The molecule has 20 heavy (non-hydrogen) atoms. The highest BCUT2D eigenvalue weighted by molar-refractivity contribution is 5.47. The van der Waals surface area contributed by atoms with Crippen LogP contribution in [-0.2, 0) is 22.1 Å². The van der Waals surface area contributed by atoms with Crippen LogP contribution in [0.3, 0.4) is 0 Å². The molecular formula is C14H16F3NO2. The Balaban J connectivity index is 1.76. The number of amides is 1. The third-order valence-corrected chi connectivity index (χ3v) is 3.35. The molecule has 0 spiro atoms. The summed E-state index contributed by atoms with van der Waals surface area (Å²) in [6, 6.07) is 5.11. The van der Waals surface area contributed by atoms with Gasteiger partial charge in [0.05, 0.1) is 18.3 Å². The van der Waals surface area contributed by atoms with E-state index in [-0.39, 0.29) is 6.10 Å². The van der Waals surface area contributed by atoms with Crippen LogP contribution >= 0.6 is 0 Å². The van der Waals surface area contributed by atoms with Gasteiger partial charge in [-0.3, -0.25) is 4.79 Å². The zero-order valence-electron chi connectivity index (χ0n) is 10.9. The third kappa shape index (κ3) is 3.96. The van der Waals surface area contributed by atoms with E-state index in [9.17, 15) is 18.0 Å². The second-order valence-electron chi connectivity index (χ2n) is 4.83. The molecule has 1 fully saturated rings. The molecule has 1 unspecified atom stereocenters. The van der Waals surface area contributed by atoms with E-state index in [1.54, 1.807) is 4.90 Å². The van der Waals surface area contributed by atoms with Crippen molar-refractivity contribution in [1.29, 1.82) is 0 Å². The van der Waals surface area contributed by atoms with Gasteiger partial charge >= 0.3 is 6.18 Å². The summed E-state index contributed by atoms with van der Waals surface area (Å²) >= 11 is 0. The standard InChI is InChI=1S/C14H16F3NO2/c15-14(16,17)12-3-1-11(2-4-12)6-8-20-13-5-7-18(9-13)10-19/h1-4,10,13H,5-9H2. The topological polar surface area (TPSA) is 29.5 Å². The first kappa shape index (κ1) is 14.8. The van der Waals surface area contributed by atoms with E-state index in [0.29, 0.717) is 26.1 Å². The first-order valence-corrected chi connectivity index (χ1v) is 6.46. The van der Waals surface area contributed by atoms with Gasteiger partial charge in [0.1, 0.15) is 0 Å². The first-order valence-electron chi connectivity index (χ1n) is 6.46. The van der Waals surface area contributed by atoms with E-state index in [4.69, 9.17) is 4.74 Å². The summed E-state index contributed by atoms with van der Waals surface area (Å²) in [4.78, 5) is 12.2. The fourth-order valence-corrected chi connectivity index (χ4v) is 2.19. The van der Waals surface area contributed by atoms with E-state index in [2.05, 4.69) is 0 Å². The van der Waals surface area contributed by atoms with Crippen molar-refractivity contribution in [1.82, 2.24) is 4.90 Å². The van der Waals surface area contributed by atoms with Gasteiger partial charge in [0.2, 0.25) is 6.41 Å². The Hall–Kier alpha value is -1.56. The summed E-state index contributed by atoms with van der Waals surface area (Å²) in [7, 11) is 0. The fraction of sp³-hybridized carbons (Fsp3) is 0.500. The van der Waals surface area contributed by atoms with E-state index >= 15 is 0 Å². The average molecular weight is 287 g/mol. The molecule has 1 aliphatic rings. The smallest absolute Gasteiger partial charge is 0.376 e. The maximum absolute atomic E-state index is 12.4. The second-order valence-corrected chi connectivity index (χ2v) is 4.83. The van der Waals surface area contributed by atoms with E-state index in [0.717, 1.165) is 30.5 Å². The summed E-state index contributed by atoms with van der Waals surface area (Å²) < 4.78 is 42.8. The van der Waals surface area contributed by atoms with Crippen molar-refractivity contribution in [2.45, 2.75) is 25.1 Å². The predicted octanol–water partition coefficient (Wildman–Crippen LogP) is 2.50. The first-order chi connectivity index (χ1) is 9.49. The predicted molar refractivity (Wildman–Crippen MR) is 67.1 cm³/mol. The van der Waals surface area contributed by atoms with Gasteiger partial charge in [-0.25, -0.2) is 0 Å². The molecule has 1 aromatic rings. The van der Waals surface area contributed by atoms with Crippen molar-refractivity contribution in [2.75, 3.05) is 19.7 Å². The molecule has 1 aliphatic heterocycles. The van der Waals surface area contributed by atoms with Gasteiger partial charge in [0, 0.05) is 13.1 Å². The van der Waals surface area contributed by atoms with E-state index in [1.807, 2.05) is 0 Å². The minimum absolute atomic E-state index is 0.0367. The molecule has 1 atom stereocenters. The number of carbonyl (C=O) groups excluding carboxylic acids is 1. The number of hydrogen-bond donors (Lipinski definition) is 0. The highest BCUT2D eigenvalue weighted by Crippen LogP contribution is 2.29. The summed E-state index contributed by atoms with van der Waals surface area (Å²) in [5, 5.41) is 0. The molecule has 1 aromatic carbocycles. The van der Waals surface area contributed by atoms with Crippen molar-refractivity contribution in [3.63, 3.8) is 0 Å². The lowest BCUT2D eigenvalue weighted by atomic mass is 10.1. The SMILES string of the molecule is O=CN1CCC(OCCc2ccc(C(F)(F)F)cc2)C1. The molecule has 6 heteroatoms. The highest BCUT2D eigenvalue weighted by Gasteiger charge is 2.29. The molecule has 1 heterocycles. The quantitative estimate of drug-likeness (QED) is 0.779. The number of halogens is 3. The van der Waals surface area contributed by atoms with Crippen LogP contribution in [0, 0.1) is 0 Å². The number of rotatable bonds is 5. The molecule has 110 valence electrons. The summed E-state index contributed by atoms with van der Waals surface area (Å²) in [5.41, 5.74) is 0.169. The van der Waals surface area contributed by atoms with Gasteiger partial charge in [-0.2, -0.15) is 13.2 Å². The molecule has 0 bridgehead atoms. The number of ether oxygens (including phenoxy) is 1. The summed E-state index contributed by atoms with van der Waals surface area (Å²) in [6.45, 7) is 1.74. The summed E-state index contributed by atoms with van der Waals surface area (Å²) in [6.07, 6.45) is -2.08. The number of alkyl halides is 3. The van der Waals surface area contributed by atoms with E-state index in [1.165, 1.54) is 12.1 Å². The van der Waals surface area contributed by atoms with Crippen molar-refractivity contribution >= 4 is 6.41 Å². The monoisotopic (exact) mass is 287 g/mol. The molecule has 1 amide bonds. The van der Waals surface area contributed by atoms with Crippen molar-refractivity contribution in [3.05, 3.63) is 35.4 Å². The zero-order valence-corrected chi connectivity index (χ0v) is 10.9. The van der Waals surface area contributed by atoms with Crippen LogP contribution in [0.5, 0.6) is 0 Å². The lowest BCUT2D eigenvalue weighted by molar-refractivity contribution is -0.137. The average Bonchev–Trinajstić information content (AvgIpc) is 2.86. The van der Waals surface area contributed by atoms with Crippen molar-refractivity contribution in [3.8, 4) is 0 Å². The number of likely N-dealkylation sites (tertiary alicyclic amines) is 1. The summed E-state index contributed by atoms with van der Waals surface area (Å²) in [5.74, 6) is 0. The van der Waals surface area contributed by atoms with Gasteiger partial charge in [0.25, 0.3) is 0 Å². The minimum atomic E-state index is -4.29. The van der Waals surface area contributed by atoms with Crippen LogP contribution in [0.25, 0.3) is 0 Å². The normalized spacial score (nSPS) is 19.4. The van der Waals surface area contributed by atoms with Gasteiger partial charge < -0.3 is 9.64 Å². The Kier molecular flexibility index (Phi) is 4.65. The zero-order chi connectivity index (χ0) is 14.6. The van der Waals surface area contributed by atoms with Crippen molar-refractivity contribution < 1.29 is 22.7 Å². The number of benzene rings is 1. The van der Waals surface area contributed by atoms with Gasteiger partial charge in [-0.1, -0.05) is 12.1 Å². The Bertz CT molecular complexity index is 445. The van der Waals surface area contributed by atoms with Crippen LogP contribution < -0.4 is 0 Å². The van der Waals surface area contributed by atoms with Gasteiger partial charge in [-0.05, 0) is 30.5 Å². The van der Waals surface area contributed by atoms with E-state index < -0.39 is 11.7 Å². The molecule has 0 N–H and O–H groups in total. The Morgan fingerprint density at radius 1 is 1.30 bits per heavy atom. The van der Waals surface area contributed by atoms with Gasteiger partial charge in [-0.15, -0.1) is 0 Å². The number of hydrogen-bond acceptors (Lipinski definition) is 2. The van der Waals surface area contributed by atoms with Crippen LogP contribution in [0.2, 0.25) is 0 Å². The molecule has 0 aliphatic carbocycles. The highest BCUT2D eigenvalue weighted by atomic mass is 19.4. The lowest BCUT2D eigenvalue weighted by Crippen LogP contribution is -2.22. The van der Waals surface area contributed by atoms with Crippen molar-refractivity contribution in [2.24, 2.45) is 0 Å². The maximum atomic E-state index is 12.4. The Labute approximate surface area is 115 Å². The van der Waals surface area contributed by atoms with Crippen LogP contribution in [0.4, 0.5) is 13.2 Å².